The maximum Gasteiger partial charge on any atom is 0.254 e. The quantitative estimate of drug-likeness (QED) is 0.748. The van der Waals surface area contributed by atoms with Crippen molar-refractivity contribution in [2.24, 2.45) is 5.73 Å². The summed E-state index contributed by atoms with van der Waals surface area (Å²) in [6, 6.07) is 0. The largest absolute Gasteiger partial charge is 0.352 e. The highest BCUT2D eigenvalue weighted by atomic mass is 35.5. The third-order valence-corrected chi connectivity index (χ3v) is 1.59. The van der Waals surface area contributed by atoms with E-state index in [0.29, 0.717) is 25.2 Å². The van der Waals surface area contributed by atoms with E-state index in [4.69, 9.17) is 5.73 Å². The molecule has 3 N–H and O–H groups in total. The molecule has 0 aromatic carbocycles. The number of nitrogens with two attached hydrogens (primary N) is 1. The van der Waals surface area contributed by atoms with Crippen LogP contribution in [0.1, 0.15) is 17.3 Å². The molecule has 1 amide bonds. The zero-order valence-corrected chi connectivity index (χ0v) is 8.88. The first-order valence-electron chi connectivity index (χ1n) is 4.28. The average Bonchev–Trinajstić information content (AvgIpc) is 2.54. The van der Waals surface area contributed by atoms with E-state index in [-0.39, 0.29) is 18.3 Å². The summed E-state index contributed by atoms with van der Waals surface area (Å²) in [6.07, 6.45) is 3.23. The Morgan fingerprint density at radius 3 is 3.00 bits per heavy atom. The van der Waals surface area contributed by atoms with E-state index >= 15 is 0 Å². The van der Waals surface area contributed by atoms with Crippen molar-refractivity contribution in [2.75, 3.05) is 13.1 Å². The van der Waals surface area contributed by atoms with Crippen molar-refractivity contribution in [1.82, 2.24) is 15.1 Å². The van der Waals surface area contributed by atoms with Gasteiger partial charge in [-0.1, -0.05) is 0 Å². The minimum atomic E-state index is -0.0919. The fraction of sp³-hybridized carbons (Fsp3) is 0.500. The topological polar surface area (TPSA) is 72.9 Å². The molecular formula is C8H15ClN4O. The van der Waals surface area contributed by atoms with Crippen molar-refractivity contribution in [1.29, 1.82) is 0 Å². The number of carbonyl (C=O) groups excluding carboxylic acids is 1. The molecule has 0 atom stereocenters. The standard InChI is InChI=1S/C8H14N4O.ClH/c1-2-10-8(13)7-5-11-12(6-7)4-3-9;/h5-6H,2-4,9H2,1H3,(H,10,13);1H. The second kappa shape index (κ2) is 6.39. The molecule has 0 unspecified atom stereocenters. The number of nitrogens with zero attached hydrogens (tertiary/aromatic N) is 2. The van der Waals surface area contributed by atoms with E-state index in [1.54, 1.807) is 17.1 Å². The Morgan fingerprint density at radius 1 is 1.71 bits per heavy atom. The highest BCUT2D eigenvalue weighted by Crippen LogP contribution is 1.96. The van der Waals surface area contributed by atoms with Gasteiger partial charge < -0.3 is 11.1 Å². The average molecular weight is 219 g/mol. The van der Waals surface area contributed by atoms with Crippen molar-refractivity contribution in [3.8, 4) is 0 Å². The number of halogens is 1. The molecule has 0 spiro atoms. The highest BCUT2D eigenvalue weighted by molar-refractivity contribution is 5.93. The minimum absolute atomic E-state index is 0. The SMILES string of the molecule is CCNC(=O)c1cnn(CCN)c1.Cl. The lowest BCUT2D eigenvalue weighted by Gasteiger charge is -1.97. The summed E-state index contributed by atoms with van der Waals surface area (Å²) in [5, 5.41) is 6.68. The van der Waals surface area contributed by atoms with Gasteiger partial charge in [-0.15, -0.1) is 12.4 Å². The normalized spacial score (nSPS) is 9.29. The molecule has 1 aromatic rings. The Labute approximate surface area is 89.1 Å². The zero-order chi connectivity index (χ0) is 9.68. The second-order valence-corrected chi connectivity index (χ2v) is 2.64. The molecule has 14 heavy (non-hydrogen) atoms. The number of hydrogen-bond donors (Lipinski definition) is 2. The van der Waals surface area contributed by atoms with Gasteiger partial charge in [0.15, 0.2) is 0 Å². The lowest BCUT2D eigenvalue weighted by Crippen LogP contribution is -2.22. The lowest BCUT2D eigenvalue weighted by atomic mass is 10.3. The summed E-state index contributed by atoms with van der Waals surface area (Å²) in [4.78, 5) is 11.3. The van der Waals surface area contributed by atoms with Crippen molar-refractivity contribution < 1.29 is 4.79 Å². The molecule has 0 aliphatic carbocycles. The van der Waals surface area contributed by atoms with Crippen LogP contribution < -0.4 is 11.1 Å². The van der Waals surface area contributed by atoms with E-state index in [0.717, 1.165) is 0 Å². The molecule has 0 radical (unpaired) electrons. The highest BCUT2D eigenvalue weighted by Gasteiger charge is 2.05. The summed E-state index contributed by atoms with van der Waals surface area (Å²) < 4.78 is 1.66. The minimum Gasteiger partial charge on any atom is -0.352 e. The summed E-state index contributed by atoms with van der Waals surface area (Å²) in [7, 11) is 0. The first-order chi connectivity index (χ1) is 6.27. The smallest absolute Gasteiger partial charge is 0.254 e. The van der Waals surface area contributed by atoms with E-state index in [9.17, 15) is 4.79 Å². The van der Waals surface area contributed by atoms with Gasteiger partial charge in [0.25, 0.3) is 5.91 Å². The van der Waals surface area contributed by atoms with Gasteiger partial charge in [0, 0.05) is 19.3 Å². The first-order valence-corrected chi connectivity index (χ1v) is 4.28. The van der Waals surface area contributed by atoms with Crippen molar-refractivity contribution in [3.63, 3.8) is 0 Å². The Kier molecular flexibility index (Phi) is 5.91. The number of nitrogens with one attached hydrogen (secondary N) is 1. The van der Waals surface area contributed by atoms with Gasteiger partial charge in [-0.3, -0.25) is 9.48 Å². The van der Waals surface area contributed by atoms with Crippen LogP contribution >= 0.6 is 12.4 Å². The Morgan fingerprint density at radius 2 is 2.43 bits per heavy atom. The summed E-state index contributed by atoms with van der Waals surface area (Å²) in [5.74, 6) is -0.0919. The molecule has 1 rings (SSSR count). The van der Waals surface area contributed by atoms with Crippen molar-refractivity contribution >= 4 is 18.3 Å². The van der Waals surface area contributed by atoms with Crippen LogP contribution in [-0.4, -0.2) is 28.8 Å². The fourth-order valence-electron chi connectivity index (χ4n) is 0.998. The number of amides is 1. The molecule has 0 saturated carbocycles. The molecule has 6 heteroatoms. The summed E-state index contributed by atoms with van der Waals surface area (Å²) >= 11 is 0. The van der Waals surface area contributed by atoms with E-state index < -0.39 is 0 Å². The maximum atomic E-state index is 11.3. The summed E-state index contributed by atoms with van der Waals surface area (Å²) in [5.41, 5.74) is 5.92. The fourth-order valence-corrected chi connectivity index (χ4v) is 0.998. The molecule has 0 fully saturated rings. The van der Waals surface area contributed by atoms with Gasteiger partial charge in [-0.05, 0) is 6.92 Å². The van der Waals surface area contributed by atoms with Gasteiger partial charge in [0.05, 0.1) is 18.3 Å². The molecule has 0 aliphatic heterocycles. The second-order valence-electron chi connectivity index (χ2n) is 2.64. The van der Waals surface area contributed by atoms with Crippen LogP contribution in [0.15, 0.2) is 12.4 Å². The third kappa shape index (κ3) is 3.35. The number of rotatable bonds is 4. The molecule has 0 bridgehead atoms. The monoisotopic (exact) mass is 218 g/mol. The first kappa shape index (κ1) is 12.9. The van der Waals surface area contributed by atoms with Crippen LogP contribution in [0.3, 0.4) is 0 Å². The molecule has 0 saturated heterocycles. The molecular weight excluding hydrogens is 204 g/mol. The molecule has 80 valence electrons. The predicted molar refractivity (Wildman–Crippen MR) is 56.5 cm³/mol. The Bertz CT molecular complexity index is 287. The van der Waals surface area contributed by atoms with Gasteiger partial charge in [-0.2, -0.15) is 5.10 Å². The number of aromatic nitrogens is 2. The number of hydrogen-bond acceptors (Lipinski definition) is 3. The van der Waals surface area contributed by atoms with Crippen molar-refractivity contribution in [2.45, 2.75) is 13.5 Å². The van der Waals surface area contributed by atoms with E-state index in [1.807, 2.05) is 6.92 Å². The third-order valence-electron chi connectivity index (χ3n) is 1.59. The van der Waals surface area contributed by atoms with Crippen LogP contribution in [0.25, 0.3) is 0 Å². The molecule has 1 heterocycles. The van der Waals surface area contributed by atoms with Gasteiger partial charge >= 0.3 is 0 Å². The van der Waals surface area contributed by atoms with Crippen LogP contribution in [-0.2, 0) is 6.54 Å². The van der Waals surface area contributed by atoms with Crippen LogP contribution in [0, 0.1) is 0 Å². The predicted octanol–water partition coefficient (Wildman–Crippen LogP) is 0.0133. The molecule has 1 aromatic heterocycles. The molecule has 0 aliphatic rings. The summed E-state index contributed by atoms with van der Waals surface area (Å²) in [6.45, 7) is 3.67. The van der Waals surface area contributed by atoms with Crippen LogP contribution in [0.5, 0.6) is 0 Å². The van der Waals surface area contributed by atoms with Crippen molar-refractivity contribution in [3.05, 3.63) is 18.0 Å². The number of carbonyl (C=O) groups is 1. The zero-order valence-electron chi connectivity index (χ0n) is 8.06. The van der Waals surface area contributed by atoms with Gasteiger partial charge in [0.1, 0.15) is 0 Å². The van der Waals surface area contributed by atoms with E-state index in [2.05, 4.69) is 10.4 Å². The molecule has 5 nitrogen and oxygen atoms in total. The maximum absolute atomic E-state index is 11.3. The van der Waals surface area contributed by atoms with Gasteiger partial charge in [0.2, 0.25) is 0 Å². The Balaban J connectivity index is 0.00000169. The Hall–Kier alpha value is -1.07. The van der Waals surface area contributed by atoms with E-state index in [1.165, 1.54) is 0 Å². The van der Waals surface area contributed by atoms with Crippen LogP contribution in [0.2, 0.25) is 0 Å². The van der Waals surface area contributed by atoms with Gasteiger partial charge in [-0.25, -0.2) is 0 Å². The lowest BCUT2D eigenvalue weighted by molar-refractivity contribution is 0.0955. The van der Waals surface area contributed by atoms with Crippen LogP contribution in [0.4, 0.5) is 0 Å².